The van der Waals surface area contributed by atoms with Crippen molar-refractivity contribution in [3.05, 3.63) is 40.8 Å². The summed E-state index contributed by atoms with van der Waals surface area (Å²) in [5, 5.41) is 3.19. The van der Waals surface area contributed by atoms with Crippen LogP contribution in [0.5, 0.6) is 0 Å². The Morgan fingerprint density at radius 1 is 1.37 bits per heavy atom. The van der Waals surface area contributed by atoms with E-state index in [0.29, 0.717) is 0 Å². The summed E-state index contributed by atoms with van der Waals surface area (Å²) in [5.74, 6) is 0. The van der Waals surface area contributed by atoms with Crippen LogP contribution in [0.2, 0.25) is 0 Å². The Balaban J connectivity index is 2.61. The minimum absolute atomic E-state index is 0.166. The van der Waals surface area contributed by atoms with Gasteiger partial charge in [-0.1, -0.05) is 39.5 Å². The number of fused-ring (bicyclic) bond motifs is 1. The van der Waals surface area contributed by atoms with Gasteiger partial charge in [-0.15, -0.1) is 17.9 Å². The van der Waals surface area contributed by atoms with Gasteiger partial charge in [-0.2, -0.15) is 0 Å². The molecule has 0 fully saturated rings. The molecule has 19 heavy (non-hydrogen) atoms. The molecule has 0 bridgehead atoms. The highest BCUT2D eigenvalue weighted by Gasteiger charge is 2.11. The second-order valence-corrected chi connectivity index (χ2v) is 13.5. The summed E-state index contributed by atoms with van der Waals surface area (Å²) in [6.07, 6.45) is 4.09. The Kier molecular flexibility index (Phi) is 5.92. The van der Waals surface area contributed by atoms with Crippen molar-refractivity contribution in [1.29, 1.82) is 0 Å². The molecule has 2 aromatic rings. The van der Waals surface area contributed by atoms with Gasteiger partial charge >= 0.3 is 0 Å². The Hall–Kier alpha value is 0.150. The smallest absolute Gasteiger partial charge is 0.259 e. The van der Waals surface area contributed by atoms with Crippen molar-refractivity contribution in [1.82, 2.24) is 4.57 Å². The topological polar surface area (TPSA) is 22.0 Å². The summed E-state index contributed by atoms with van der Waals surface area (Å²) in [6, 6.07) is 8.25. The van der Waals surface area contributed by atoms with Crippen LogP contribution >= 0.6 is 33.1 Å². The lowest BCUT2D eigenvalue weighted by molar-refractivity contribution is 0.617. The van der Waals surface area contributed by atoms with Gasteiger partial charge in [-0.05, 0) is 30.5 Å². The van der Waals surface area contributed by atoms with E-state index in [1.807, 2.05) is 16.8 Å². The molecule has 1 aromatic carbocycles. The predicted molar refractivity (Wildman–Crippen MR) is 97.4 cm³/mol. The third-order valence-corrected chi connectivity index (χ3v) is 13.2. The maximum absolute atomic E-state index is 12.6. The molecule has 0 saturated heterocycles. The van der Waals surface area contributed by atoms with E-state index < -0.39 is 0 Å². The van der Waals surface area contributed by atoms with Crippen molar-refractivity contribution in [2.24, 2.45) is 0 Å². The van der Waals surface area contributed by atoms with E-state index in [0.717, 1.165) is 38.1 Å². The normalized spacial score (nSPS) is 13.4. The van der Waals surface area contributed by atoms with Crippen LogP contribution in [0.3, 0.4) is 0 Å². The molecule has 102 valence electrons. The zero-order valence-corrected chi connectivity index (χ0v) is 15.2. The van der Waals surface area contributed by atoms with Crippen LogP contribution in [0.4, 0.5) is 0 Å². The number of aryl methyl sites for hydroxylation is 1. The molecule has 1 heterocycles. The molecule has 0 amide bonds. The summed E-state index contributed by atoms with van der Waals surface area (Å²) in [4.78, 5) is 12.6. The van der Waals surface area contributed by atoms with Crippen LogP contribution in [0, 0.1) is 0 Å². The number of unbranched alkanes of at least 4 members (excludes halogenated alkanes) is 1. The number of hydrogen-bond donors (Lipinski definition) is 0. The first kappa shape index (κ1) is 15.5. The van der Waals surface area contributed by atoms with Gasteiger partial charge in [-0.3, -0.25) is 4.79 Å². The van der Waals surface area contributed by atoms with E-state index >= 15 is 0 Å². The molecule has 0 aliphatic rings. The lowest BCUT2D eigenvalue weighted by Gasteiger charge is -2.14. The van der Waals surface area contributed by atoms with Crippen LogP contribution in [0.1, 0.15) is 19.8 Å². The van der Waals surface area contributed by atoms with Gasteiger partial charge < -0.3 is 4.57 Å². The molecule has 0 aliphatic carbocycles. The fourth-order valence-corrected chi connectivity index (χ4v) is 5.81. The first-order chi connectivity index (χ1) is 9.19. The van der Waals surface area contributed by atoms with Crippen molar-refractivity contribution in [2.45, 2.75) is 26.3 Å². The van der Waals surface area contributed by atoms with Gasteiger partial charge in [0.15, 0.2) is 0 Å². The highest BCUT2D eigenvalue weighted by atomic mass is 32.6. The quantitative estimate of drug-likeness (QED) is 0.758. The third kappa shape index (κ3) is 3.43. The van der Waals surface area contributed by atoms with E-state index in [1.165, 1.54) is 5.30 Å². The second-order valence-electron chi connectivity index (χ2n) is 4.41. The zero-order chi connectivity index (χ0) is 13.8. The highest BCUT2D eigenvalue weighted by molar-refractivity contribution is 8.63. The molecule has 0 aliphatic heterocycles. The minimum Gasteiger partial charge on any atom is -0.315 e. The zero-order valence-electron chi connectivity index (χ0n) is 11.0. The summed E-state index contributed by atoms with van der Waals surface area (Å²) in [7, 11) is 6.15. The Labute approximate surface area is 121 Å². The van der Waals surface area contributed by atoms with E-state index in [4.69, 9.17) is 0 Å². The fourth-order valence-electron chi connectivity index (χ4n) is 2.09. The highest BCUT2D eigenvalue weighted by Crippen LogP contribution is 2.65. The standard InChI is InChI=1S/C13H19NOP4/c1-2-3-8-14-9-7-10-5-4-6-11(19(17)18-16)12(10)13(14)15/h4-7,9,18H,2-3,8,16-17H2,1H3. The number of benzene rings is 1. The molecular formula is C13H19NOP4. The summed E-state index contributed by atoms with van der Waals surface area (Å²) in [6.45, 7) is 2.96. The van der Waals surface area contributed by atoms with Gasteiger partial charge in [0.2, 0.25) is 0 Å². The van der Waals surface area contributed by atoms with Crippen molar-refractivity contribution in [3.63, 3.8) is 0 Å². The second kappa shape index (κ2) is 7.24. The lowest BCUT2D eigenvalue weighted by atomic mass is 10.2. The minimum atomic E-state index is -0.321. The van der Waals surface area contributed by atoms with Crippen molar-refractivity contribution in [3.8, 4) is 0 Å². The SMILES string of the molecule is CCCCn1ccc2cccc(P(P)PP)c2c1=O. The monoisotopic (exact) mass is 329 g/mol. The fraction of sp³-hybridized carbons (Fsp3) is 0.308. The van der Waals surface area contributed by atoms with E-state index in [1.54, 1.807) is 0 Å². The van der Waals surface area contributed by atoms with Crippen molar-refractivity contribution < 1.29 is 0 Å². The van der Waals surface area contributed by atoms with Crippen molar-refractivity contribution >= 4 is 49.2 Å². The van der Waals surface area contributed by atoms with Crippen LogP contribution in [0.15, 0.2) is 35.3 Å². The number of nitrogens with zero attached hydrogens (tertiary/aromatic N) is 1. The van der Waals surface area contributed by atoms with Crippen LogP contribution in [-0.2, 0) is 6.54 Å². The lowest BCUT2D eigenvalue weighted by Crippen LogP contribution is -2.23. The molecular weight excluding hydrogens is 310 g/mol. The maximum Gasteiger partial charge on any atom is 0.259 e. The molecule has 6 heteroatoms. The molecule has 0 radical (unpaired) electrons. The molecule has 1 aromatic heterocycles. The summed E-state index contributed by atoms with van der Waals surface area (Å²) in [5.41, 5.74) is 0.166. The van der Waals surface area contributed by atoms with Gasteiger partial charge in [0, 0.05) is 12.7 Å². The largest absolute Gasteiger partial charge is 0.315 e. The Morgan fingerprint density at radius 3 is 2.84 bits per heavy atom. The van der Waals surface area contributed by atoms with E-state index in [2.05, 4.69) is 43.0 Å². The average Bonchev–Trinajstić information content (AvgIpc) is 2.45. The summed E-state index contributed by atoms with van der Waals surface area (Å²) < 4.78 is 1.86. The van der Waals surface area contributed by atoms with Gasteiger partial charge in [0.1, 0.15) is 0 Å². The molecule has 4 atom stereocenters. The predicted octanol–water partition coefficient (Wildman–Crippen LogP) is 4.08. The molecule has 0 N–H and O–H groups in total. The number of aromatic nitrogens is 1. The van der Waals surface area contributed by atoms with Crippen LogP contribution in [0.25, 0.3) is 10.8 Å². The average molecular weight is 329 g/mol. The Bertz CT molecular complexity index is 626. The van der Waals surface area contributed by atoms with Crippen LogP contribution < -0.4 is 10.9 Å². The number of rotatable bonds is 5. The van der Waals surface area contributed by atoms with Crippen LogP contribution in [-0.4, -0.2) is 4.57 Å². The molecule has 0 spiro atoms. The number of hydrogen-bond acceptors (Lipinski definition) is 1. The molecule has 2 rings (SSSR count). The first-order valence-electron chi connectivity index (χ1n) is 6.32. The molecule has 2 nitrogen and oxygen atoms in total. The first-order valence-corrected chi connectivity index (χ1v) is 12.9. The maximum atomic E-state index is 12.6. The van der Waals surface area contributed by atoms with Gasteiger partial charge in [0.05, 0.1) is 5.39 Å². The third-order valence-electron chi connectivity index (χ3n) is 3.13. The Morgan fingerprint density at radius 2 is 2.16 bits per heavy atom. The molecule has 0 saturated carbocycles. The number of pyridine rings is 1. The van der Waals surface area contributed by atoms with E-state index in [9.17, 15) is 4.79 Å². The van der Waals surface area contributed by atoms with Crippen molar-refractivity contribution in [2.75, 3.05) is 0 Å². The molecule has 4 unspecified atom stereocenters. The van der Waals surface area contributed by atoms with E-state index in [-0.39, 0.29) is 12.9 Å². The summed E-state index contributed by atoms with van der Waals surface area (Å²) >= 11 is 0. The van der Waals surface area contributed by atoms with Gasteiger partial charge in [-0.25, -0.2) is 0 Å². The van der Waals surface area contributed by atoms with Gasteiger partial charge in [0.25, 0.3) is 5.56 Å².